The third-order valence-electron chi connectivity index (χ3n) is 2.63. The second-order valence-electron chi connectivity index (χ2n) is 4.07. The Morgan fingerprint density at radius 3 is 2.50 bits per heavy atom. The van der Waals surface area contributed by atoms with Crippen LogP contribution in [0.25, 0.3) is 0 Å². The minimum Gasteiger partial charge on any atom is -0.480 e. The van der Waals surface area contributed by atoms with Crippen LogP contribution in [0.15, 0.2) is 0 Å². The van der Waals surface area contributed by atoms with Gasteiger partial charge in [0.05, 0.1) is 0 Å². The van der Waals surface area contributed by atoms with Gasteiger partial charge in [-0.1, -0.05) is 0 Å². The molecule has 0 bridgehead atoms. The van der Waals surface area contributed by atoms with E-state index in [0.29, 0.717) is 13.1 Å². The Bertz CT molecular complexity index is 263. The second kappa shape index (κ2) is 3.48. The van der Waals surface area contributed by atoms with Crippen LogP contribution in [0.5, 0.6) is 0 Å². The highest BCUT2D eigenvalue weighted by atomic mass is 16.4. The van der Waals surface area contributed by atoms with Crippen LogP contribution < -0.4 is 0 Å². The fraction of sp³-hybridized carbons (Fsp3) is 0.778. The molecule has 0 radical (unpaired) electrons. The van der Waals surface area contributed by atoms with Gasteiger partial charge in [-0.15, -0.1) is 0 Å². The second-order valence-corrected chi connectivity index (χ2v) is 4.07. The van der Waals surface area contributed by atoms with E-state index in [1.54, 1.807) is 25.8 Å². The van der Waals surface area contributed by atoms with Gasteiger partial charge >= 0.3 is 12.0 Å². The van der Waals surface area contributed by atoms with E-state index in [2.05, 4.69) is 0 Å². The molecule has 2 amide bonds. The molecule has 5 heteroatoms. The maximum Gasteiger partial charge on any atom is 0.329 e. The normalized spacial score (nSPS) is 18.6. The summed E-state index contributed by atoms with van der Waals surface area (Å²) in [5.74, 6) is -0.971. The third kappa shape index (κ3) is 1.66. The van der Waals surface area contributed by atoms with Crippen LogP contribution in [0.3, 0.4) is 0 Å². The smallest absolute Gasteiger partial charge is 0.329 e. The molecular formula is C9H16N2O3. The lowest BCUT2D eigenvalue weighted by molar-refractivity contribution is -0.148. The molecule has 1 aliphatic heterocycles. The Morgan fingerprint density at radius 2 is 2.00 bits per heavy atom. The van der Waals surface area contributed by atoms with Crippen molar-refractivity contribution in [3.8, 4) is 0 Å². The number of aliphatic carboxylic acids is 1. The van der Waals surface area contributed by atoms with Crippen molar-refractivity contribution in [2.45, 2.75) is 25.8 Å². The quantitative estimate of drug-likeness (QED) is 0.710. The van der Waals surface area contributed by atoms with Crippen LogP contribution in [-0.2, 0) is 4.79 Å². The summed E-state index contributed by atoms with van der Waals surface area (Å²) < 4.78 is 0. The van der Waals surface area contributed by atoms with E-state index < -0.39 is 11.5 Å². The standard InChI is InChI=1S/C9H16N2O3/c1-9(2,7(12)13)11-6-4-5-10(3)8(11)14/h4-6H2,1-3H3,(H,12,13). The summed E-state index contributed by atoms with van der Waals surface area (Å²) in [5.41, 5.74) is -1.12. The summed E-state index contributed by atoms with van der Waals surface area (Å²) >= 11 is 0. The molecule has 0 spiro atoms. The zero-order valence-corrected chi connectivity index (χ0v) is 8.78. The lowest BCUT2D eigenvalue weighted by atomic mass is 10.0. The molecular weight excluding hydrogens is 184 g/mol. The molecule has 0 unspecified atom stereocenters. The number of amides is 2. The lowest BCUT2D eigenvalue weighted by Gasteiger charge is -2.41. The number of carbonyl (C=O) groups is 2. The average molecular weight is 200 g/mol. The van der Waals surface area contributed by atoms with E-state index in [0.717, 1.165) is 6.42 Å². The van der Waals surface area contributed by atoms with Gasteiger partial charge in [0.25, 0.3) is 0 Å². The first-order chi connectivity index (χ1) is 6.37. The van der Waals surface area contributed by atoms with Crippen molar-refractivity contribution < 1.29 is 14.7 Å². The number of carboxylic acids is 1. The highest BCUT2D eigenvalue weighted by molar-refractivity contribution is 5.85. The fourth-order valence-electron chi connectivity index (χ4n) is 1.50. The monoisotopic (exact) mass is 200 g/mol. The first kappa shape index (κ1) is 10.8. The summed E-state index contributed by atoms with van der Waals surface area (Å²) in [6.45, 7) is 4.31. The lowest BCUT2D eigenvalue weighted by Crippen LogP contribution is -2.59. The number of nitrogens with zero attached hydrogens (tertiary/aromatic N) is 2. The van der Waals surface area contributed by atoms with E-state index in [4.69, 9.17) is 5.11 Å². The first-order valence-corrected chi connectivity index (χ1v) is 4.63. The zero-order valence-electron chi connectivity index (χ0n) is 8.78. The van der Waals surface area contributed by atoms with Crippen LogP contribution in [0.1, 0.15) is 20.3 Å². The highest BCUT2D eigenvalue weighted by Gasteiger charge is 2.40. The Labute approximate surface area is 83.3 Å². The molecule has 1 N–H and O–H groups in total. The van der Waals surface area contributed by atoms with Gasteiger partial charge in [0.1, 0.15) is 5.54 Å². The summed E-state index contributed by atoms with van der Waals surface area (Å²) in [6, 6.07) is -0.205. The number of rotatable bonds is 2. The number of hydrogen-bond acceptors (Lipinski definition) is 2. The number of carbonyl (C=O) groups excluding carboxylic acids is 1. The van der Waals surface area contributed by atoms with E-state index in [1.165, 1.54) is 4.90 Å². The average Bonchev–Trinajstić information content (AvgIpc) is 2.09. The van der Waals surface area contributed by atoms with Gasteiger partial charge in [-0.3, -0.25) is 0 Å². The molecule has 1 saturated heterocycles. The minimum atomic E-state index is -1.12. The van der Waals surface area contributed by atoms with Crippen molar-refractivity contribution in [3.05, 3.63) is 0 Å². The third-order valence-corrected chi connectivity index (χ3v) is 2.63. The predicted molar refractivity (Wildman–Crippen MR) is 51.1 cm³/mol. The van der Waals surface area contributed by atoms with Gasteiger partial charge in [0.15, 0.2) is 0 Å². The van der Waals surface area contributed by atoms with E-state index in [-0.39, 0.29) is 6.03 Å². The van der Waals surface area contributed by atoms with Gasteiger partial charge in [0.2, 0.25) is 0 Å². The summed E-state index contributed by atoms with van der Waals surface area (Å²) in [5, 5.41) is 8.99. The van der Waals surface area contributed by atoms with Gasteiger partial charge in [-0.05, 0) is 20.3 Å². The van der Waals surface area contributed by atoms with Crippen LogP contribution >= 0.6 is 0 Å². The molecule has 14 heavy (non-hydrogen) atoms. The van der Waals surface area contributed by atoms with Crippen molar-refractivity contribution in [2.75, 3.05) is 20.1 Å². The Kier molecular flexibility index (Phi) is 2.69. The van der Waals surface area contributed by atoms with Gasteiger partial charge in [-0.2, -0.15) is 0 Å². The molecule has 0 aromatic heterocycles. The van der Waals surface area contributed by atoms with Gasteiger partial charge < -0.3 is 14.9 Å². The Balaban J connectivity index is 2.86. The molecule has 5 nitrogen and oxygen atoms in total. The van der Waals surface area contributed by atoms with Crippen molar-refractivity contribution >= 4 is 12.0 Å². The summed E-state index contributed by atoms with van der Waals surface area (Å²) in [4.78, 5) is 25.6. The predicted octanol–water partition coefficient (Wildman–Crippen LogP) is 0.607. The SMILES string of the molecule is CN1CCCN(C(C)(C)C(=O)O)C1=O. The topological polar surface area (TPSA) is 60.9 Å². The van der Waals surface area contributed by atoms with E-state index in [1.807, 2.05) is 0 Å². The minimum absolute atomic E-state index is 0.205. The van der Waals surface area contributed by atoms with Crippen LogP contribution in [0.2, 0.25) is 0 Å². The molecule has 0 aliphatic carbocycles. The van der Waals surface area contributed by atoms with E-state index >= 15 is 0 Å². The number of urea groups is 1. The van der Waals surface area contributed by atoms with Crippen LogP contribution in [-0.4, -0.2) is 52.6 Å². The zero-order chi connectivity index (χ0) is 10.9. The Hall–Kier alpha value is -1.26. The molecule has 0 aromatic carbocycles. The maximum absolute atomic E-state index is 11.7. The molecule has 0 saturated carbocycles. The highest BCUT2D eigenvalue weighted by Crippen LogP contribution is 2.20. The van der Waals surface area contributed by atoms with Crippen molar-refractivity contribution in [2.24, 2.45) is 0 Å². The maximum atomic E-state index is 11.7. The largest absolute Gasteiger partial charge is 0.480 e. The summed E-state index contributed by atoms with van der Waals surface area (Å²) in [7, 11) is 1.69. The Morgan fingerprint density at radius 1 is 1.43 bits per heavy atom. The van der Waals surface area contributed by atoms with Crippen molar-refractivity contribution in [1.82, 2.24) is 9.80 Å². The van der Waals surface area contributed by atoms with Crippen molar-refractivity contribution in [1.29, 1.82) is 0 Å². The first-order valence-electron chi connectivity index (χ1n) is 4.63. The molecule has 0 atom stereocenters. The van der Waals surface area contributed by atoms with E-state index in [9.17, 15) is 9.59 Å². The number of hydrogen-bond donors (Lipinski definition) is 1. The fourth-order valence-corrected chi connectivity index (χ4v) is 1.50. The molecule has 1 heterocycles. The van der Waals surface area contributed by atoms with Crippen LogP contribution in [0, 0.1) is 0 Å². The molecule has 0 aromatic rings. The molecule has 1 rings (SSSR count). The number of carboxylic acid groups (broad SMARTS) is 1. The van der Waals surface area contributed by atoms with Crippen LogP contribution in [0.4, 0.5) is 4.79 Å². The van der Waals surface area contributed by atoms with Crippen molar-refractivity contribution in [3.63, 3.8) is 0 Å². The van der Waals surface area contributed by atoms with Gasteiger partial charge in [-0.25, -0.2) is 9.59 Å². The molecule has 1 aliphatic rings. The molecule has 80 valence electrons. The molecule has 1 fully saturated rings. The van der Waals surface area contributed by atoms with Gasteiger partial charge in [0, 0.05) is 20.1 Å². The summed E-state index contributed by atoms with van der Waals surface area (Å²) in [6.07, 6.45) is 0.818.